The Bertz CT molecular complexity index is 1210. The second-order valence-electron chi connectivity index (χ2n) is 9.62. The zero-order valence-corrected chi connectivity index (χ0v) is 23.9. The Kier molecular flexibility index (Phi) is 10.2. The fourth-order valence-corrected chi connectivity index (χ4v) is 4.86. The van der Waals surface area contributed by atoms with Gasteiger partial charge in [-0.3, -0.25) is 13.9 Å². The lowest BCUT2D eigenvalue weighted by atomic mass is 10.1. The number of nitrogens with one attached hydrogen (secondary N) is 1. The summed E-state index contributed by atoms with van der Waals surface area (Å²) in [7, 11) is -0.896. The maximum absolute atomic E-state index is 13.8. The number of benzene rings is 2. The fourth-order valence-electron chi connectivity index (χ4n) is 3.76. The SMILES string of the molecule is CCC(C(=O)NC(C)(C)C)N(Cc1cccc(OC)c1)C(=O)CN(c1ccc(OC)c(Cl)c1)S(C)(=O)=O. The van der Waals surface area contributed by atoms with Crippen molar-refractivity contribution in [2.45, 2.75) is 52.2 Å². The molecule has 2 aromatic carbocycles. The number of hydrogen-bond donors (Lipinski definition) is 1. The molecule has 0 spiro atoms. The third-order valence-electron chi connectivity index (χ3n) is 5.47. The van der Waals surface area contributed by atoms with Crippen LogP contribution in [-0.2, 0) is 26.2 Å². The van der Waals surface area contributed by atoms with Gasteiger partial charge in [0.25, 0.3) is 0 Å². The van der Waals surface area contributed by atoms with Gasteiger partial charge in [-0.2, -0.15) is 0 Å². The van der Waals surface area contributed by atoms with Gasteiger partial charge in [-0.05, 0) is 63.1 Å². The molecule has 1 unspecified atom stereocenters. The van der Waals surface area contributed by atoms with Gasteiger partial charge in [-0.1, -0.05) is 30.7 Å². The van der Waals surface area contributed by atoms with Gasteiger partial charge in [-0.25, -0.2) is 8.42 Å². The van der Waals surface area contributed by atoms with Crippen LogP contribution in [0.15, 0.2) is 42.5 Å². The van der Waals surface area contributed by atoms with Crippen LogP contribution < -0.4 is 19.1 Å². The number of methoxy groups -OCH3 is 2. The van der Waals surface area contributed by atoms with Gasteiger partial charge in [-0.15, -0.1) is 0 Å². The van der Waals surface area contributed by atoms with Gasteiger partial charge in [0.2, 0.25) is 21.8 Å². The van der Waals surface area contributed by atoms with Gasteiger partial charge < -0.3 is 19.7 Å². The number of amides is 2. The van der Waals surface area contributed by atoms with E-state index in [1.54, 1.807) is 25.1 Å². The topological polar surface area (TPSA) is 105 Å². The summed E-state index contributed by atoms with van der Waals surface area (Å²) in [4.78, 5) is 28.4. The average Bonchev–Trinajstić information content (AvgIpc) is 2.80. The first-order valence-electron chi connectivity index (χ1n) is 11.8. The van der Waals surface area contributed by atoms with E-state index >= 15 is 0 Å². The molecule has 11 heteroatoms. The fraction of sp³-hybridized carbons (Fsp3) is 0.462. The van der Waals surface area contributed by atoms with Crippen molar-refractivity contribution >= 4 is 39.1 Å². The Morgan fingerprint density at radius 3 is 2.27 bits per heavy atom. The van der Waals surface area contributed by atoms with E-state index in [-0.39, 0.29) is 23.2 Å². The summed E-state index contributed by atoms with van der Waals surface area (Å²) >= 11 is 6.23. The monoisotopic (exact) mass is 553 g/mol. The zero-order chi connectivity index (χ0) is 28.0. The molecule has 0 heterocycles. The van der Waals surface area contributed by atoms with Crippen LogP contribution in [0.1, 0.15) is 39.7 Å². The average molecular weight is 554 g/mol. The third kappa shape index (κ3) is 8.53. The van der Waals surface area contributed by atoms with Crippen LogP contribution in [0.5, 0.6) is 11.5 Å². The van der Waals surface area contributed by atoms with Gasteiger partial charge >= 0.3 is 0 Å². The van der Waals surface area contributed by atoms with E-state index in [4.69, 9.17) is 21.1 Å². The quantitative estimate of drug-likeness (QED) is 0.453. The molecule has 37 heavy (non-hydrogen) atoms. The van der Waals surface area contributed by atoms with Gasteiger partial charge in [0.05, 0.1) is 31.2 Å². The Labute approximate surface area is 224 Å². The predicted octanol–water partition coefficient (Wildman–Crippen LogP) is 3.85. The molecule has 0 aliphatic rings. The molecule has 0 fully saturated rings. The molecule has 0 aliphatic heterocycles. The van der Waals surface area contributed by atoms with Crippen molar-refractivity contribution in [2.75, 3.05) is 31.3 Å². The lowest BCUT2D eigenvalue weighted by Crippen LogP contribution is -2.55. The molecule has 1 atom stereocenters. The third-order valence-corrected chi connectivity index (χ3v) is 6.91. The van der Waals surface area contributed by atoms with Crippen LogP contribution in [0.25, 0.3) is 0 Å². The number of hydrogen-bond acceptors (Lipinski definition) is 6. The van der Waals surface area contributed by atoms with E-state index in [1.165, 1.54) is 37.3 Å². The molecule has 204 valence electrons. The van der Waals surface area contributed by atoms with Gasteiger partial charge in [0.15, 0.2) is 0 Å². The van der Waals surface area contributed by atoms with Crippen molar-refractivity contribution in [3.8, 4) is 11.5 Å². The number of carbonyl (C=O) groups excluding carboxylic acids is 2. The first kappa shape index (κ1) is 30.2. The Hall–Kier alpha value is -2.98. The number of halogens is 1. The number of rotatable bonds is 11. The molecule has 0 aliphatic carbocycles. The molecule has 0 bridgehead atoms. The lowest BCUT2D eigenvalue weighted by molar-refractivity contribution is -0.141. The van der Waals surface area contributed by atoms with Crippen molar-refractivity contribution in [2.24, 2.45) is 0 Å². The van der Waals surface area contributed by atoms with Crippen LogP contribution in [0.3, 0.4) is 0 Å². The molecular weight excluding hydrogens is 518 g/mol. The molecule has 0 saturated heterocycles. The highest BCUT2D eigenvalue weighted by Crippen LogP contribution is 2.30. The number of nitrogens with zero attached hydrogens (tertiary/aromatic N) is 2. The first-order valence-corrected chi connectivity index (χ1v) is 14.0. The number of ether oxygens (including phenoxy) is 2. The highest BCUT2D eigenvalue weighted by Gasteiger charge is 2.33. The van der Waals surface area contributed by atoms with E-state index in [2.05, 4.69) is 5.32 Å². The van der Waals surface area contributed by atoms with Crippen molar-refractivity contribution in [3.05, 3.63) is 53.1 Å². The summed E-state index contributed by atoms with van der Waals surface area (Å²) in [6, 6.07) is 10.8. The Balaban J connectivity index is 2.50. The molecular formula is C26H36ClN3O6S. The maximum atomic E-state index is 13.8. The summed E-state index contributed by atoms with van der Waals surface area (Å²) in [6.07, 6.45) is 1.33. The summed E-state index contributed by atoms with van der Waals surface area (Å²) in [5, 5.41) is 3.13. The second kappa shape index (κ2) is 12.5. The molecule has 0 saturated carbocycles. The summed E-state index contributed by atoms with van der Waals surface area (Å²) in [5.41, 5.74) is 0.414. The smallest absolute Gasteiger partial charge is 0.244 e. The van der Waals surface area contributed by atoms with Crippen molar-refractivity contribution in [1.29, 1.82) is 0 Å². The molecule has 9 nitrogen and oxygen atoms in total. The minimum atomic E-state index is -3.88. The van der Waals surface area contributed by atoms with Crippen molar-refractivity contribution in [3.63, 3.8) is 0 Å². The van der Waals surface area contributed by atoms with E-state index in [9.17, 15) is 18.0 Å². The normalized spacial score (nSPS) is 12.4. The van der Waals surface area contributed by atoms with Crippen molar-refractivity contribution < 1.29 is 27.5 Å². The van der Waals surface area contributed by atoms with Crippen molar-refractivity contribution in [1.82, 2.24) is 10.2 Å². The zero-order valence-electron chi connectivity index (χ0n) is 22.4. The minimum Gasteiger partial charge on any atom is -0.497 e. The first-order chi connectivity index (χ1) is 17.2. The largest absolute Gasteiger partial charge is 0.497 e. The van der Waals surface area contributed by atoms with E-state index < -0.39 is 34.1 Å². The molecule has 2 rings (SSSR count). The molecule has 1 N–H and O–H groups in total. The van der Waals surface area contributed by atoms with Crippen LogP contribution in [0, 0.1) is 0 Å². The van der Waals surface area contributed by atoms with E-state index in [1.807, 2.05) is 26.8 Å². The Morgan fingerprint density at radius 1 is 1.08 bits per heavy atom. The minimum absolute atomic E-state index is 0.0765. The number of anilines is 1. The highest BCUT2D eigenvalue weighted by molar-refractivity contribution is 7.92. The van der Waals surface area contributed by atoms with Crippen LogP contribution >= 0.6 is 11.6 Å². The summed E-state index contributed by atoms with van der Waals surface area (Å²) in [5.74, 6) is 0.0956. The number of carbonyl (C=O) groups is 2. The summed E-state index contributed by atoms with van der Waals surface area (Å²) < 4.78 is 36.9. The van der Waals surface area contributed by atoms with Crippen LogP contribution in [-0.4, -0.2) is 63.7 Å². The second-order valence-corrected chi connectivity index (χ2v) is 11.9. The Morgan fingerprint density at radius 2 is 1.76 bits per heavy atom. The molecule has 0 aromatic heterocycles. The van der Waals surface area contributed by atoms with Crippen LogP contribution in [0.2, 0.25) is 5.02 Å². The predicted molar refractivity (Wildman–Crippen MR) is 146 cm³/mol. The van der Waals surface area contributed by atoms with Gasteiger partial charge in [0, 0.05) is 12.1 Å². The van der Waals surface area contributed by atoms with Gasteiger partial charge in [0.1, 0.15) is 24.1 Å². The molecule has 0 radical (unpaired) electrons. The lowest BCUT2D eigenvalue weighted by Gasteiger charge is -2.34. The van der Waals surface area contributed by atoms with E-state index in [0.717, 1.165) is 16.1 Å². The van der Waals surface area contributed by atoms with E-state index in [0.29, 0.717) is 17.9 Å². The highest BCUT2D eigenvalue weighted by atomic mass is 35.5. The summed E-state index contributed by atoms with van der Waals surface area (Å²) in [6.45, 7) is 6.91. The van der Waals surface area contributed by atoms with Crippen LogP contribution in [0.4, 0.5) is 5.69 Å². The standard InChI is InChI=1S/C26H36ClN3O6S/c1-8-22(25(32)28-26(2,3)4)29(16-18-10-9-11-20(14-18)35-5)24(31)17-30(37(7,33)34)19-12-13-23(36-6)21(27)15-19/h9-15,22H,8,16-17H2,1-7H3,(H,28,32). The molecule has 2 aromatic rings. The molecule has 2 amide bonds. The number of sulfonamides is 1. The maximum Gasteiger partial charge on any atom is 0.244 e.